The number of phenolic OH excluding ortho intramolecular Hbond substituents is 1. The number of aromatic hydroxyl groups is 1. The largest absolute Gasteiger partial charge is 0.647 e. The fourth-order valence-corrected chi connectivity index (χ4v) is 3.36. The van der Waals surface area contributed by atoms with E-state index in [1.807, 2.05) is 12.1 Å². The molecule has 3 aromatic rings. The molecular weight excluding hydrogens is 339 g/mol. The van der Waals surface area contributed by atoms with Crippen molar-refractivity contribution in [3.8, 4) is 23.0 Å². The van der Waals surface area contributed by atoms with E-state index in [2.05, 4.69) is 0 Å². The van der Waals surface area contributed by atoms with E-state index in [9.17, 15) is 9.67 Å². The molecule has 0 radical (unpaired) electrons. The minimum atomic E-state index is -4.09. The zero-order valence-corrected chi connectivity index (χ0v) is 14.4. The summed E-state index contributed by atoms with van der Waals surface area (Å²) in [5.74, 6) is 0.564. The molecule has 0 aromatic heterocycles. The molecule has 6 heteroatoms. The number of hydrogen-bond donors (Lipinski definition) is 1. The van der Waals surface area contributed by atoms with Crippen molar-refractivity contribution in [3.05, 3.63) is 84.4 Å². The fraction of sp³-hybridized carbons (Fsp3) is 0.0526. The van der Waals surface area contributed by atoms with E-state index in [1.165, 1.54) is 6.07 Å². The fourth-order valence-electron chi connectivity index (χ4n) is 2.10. The van der Waals surface area contributed by atoms with E-state index < -0.39 is 7.82 Å². The van der Waals surface area contributed by atoms with Crippen LogP contribution in [-0.4, -0.2) is 5.11 Å². The second kappa shape index (κ2) is 7.32. The van der Waals surface area contributed by atoms with Crippen LogP contribution in [0.2, 0.25) is 0 Å². The number of phosphoric ester groups is 1. The highest BCUT2D eigenvalue weighted by Gasteiger charge is 2.34. The molecule has 0 heterocycles. The van der Waals surface area contributed by atoms with Gasteiger partial charge in [0.25, 0.3) is 0 Å². The van der Waals surface area contributed by atoms with Crippen LogP contribution in [0.25, 0.3) is 0 Å². The van der Waals surface area contributed by atoms with Gasteiger partial charge in [0.2, 0.25) is 0 Å². The van der Waals surface area contributed by atoms with E-state index in [-0.39, 0.29) is 11.5 Å². The Balaban J connectivity index is 1.93. The number of phenols is 1. The molecule has 0 saturated carbocycles. The number of hydrogen-bond acceptors (Lipinski definition) is 5. The quantitative estimate of drug-likeness (QED) is 0.604. The minimum absolute atomic E-state index is 0.0233. The number of para-hydroxylation sites is 3. The maximum Gasteiger partial charge on any atom is 0.647 e. The predicted molar refractivity (Wildman–Crippen MR) is 95.2 cm³/mol. The van der Waals surface area contributed by atoms with Crippen LogP contribution in [0, 0.1) is 6.92 Å². The highest BCUT2D eigenvalue weighted by Crippen LogP contribution is 2.51. The van der Waals surface area contributed by atoms with Gasteiger partial charge < -0.3 is 18.7 Å². The van der Waals surface area contributed by atoms with E-state index in [0.717, 1.165) is 0 Å². The van der Waals surface area contributed by atoms with Gasteiger partial charge in [0.15, 0.2) is 11.5 Å². The molecule has 0 fully saturated rings. The van der Waals surface area contributed by atoms with Crippen LogP contribution in [0.3, 0.4) is 0 Å². The Hall–Kier alpha value is -2.91. The van der Waals surface area contributed by atoms with E-state index in [1.54, 1.807) is 67.6 Å². The topological polar surface area (TPSA) is 65.0 Å². The molecule has 0 unspecified atom stereocenters. The van der Waals surface area contributed by atoms with E-state index in [4.69, 9.17) is 13.6 Å². The van der Waals surface area contributed by atoms with Crippen molar-refractivity contribution in [2.75, 3.05) is 0 Å². The molecule has 3 rings (SSSR count). The van der Waals surface area contributed by atoms with Crippen molar-refractivity contribution in [1.82, 2.24) is 0 Å². The molecule has 1 N–H and O–H groups in total. The lowest BCUT2D eigenvalue weighted by Gasteiger charge is -2.20. The maximum absolute atomic E-state index is 13.2. The number of rotatable bonds is 6. The molecule has 0 aliphatic carbocycles. The summed E-state index contributed by atoms with van der Waals surface area (Å²) in [6, 6.07) is 22.0. The SMILES string of the molecule is Cc1cccc(OP(=O)(Oc2ccccc2)Oc2ccccc2)c1O. The average Bonchev–Trinajstić information content (AvgIpc) is 2.60. The number of benzene rings is 3. The Morgan fingerprint density at radius 1 is 0.720 bits per heavy atom. The molecule has 0 bridgehead atoms. The van der Waals surface area contributed by atoms with Gasteiger partial charge in [-0.05, 0) is 42.8 Å². The Bertz CT molecular complexity index is 835. The van der Waals surface area contributed by atoms with Gasteiger partial charge in [0.1, 0.15) is 11.5 Å². The average molecular weight is 356 g/mol. The van der Waals surface area contributed by atoms with Crippen molar-refractivity contribution in [3.63, 3.8) is 0 Å². The van der Waals surface area contributed by atoms with E-state index >= 15 is 0 Å². The normalized spacial score (nSPS) is 10.9. The van der Waals surface area contributed by atoms with Gasteiger partial charge in [-0.25, -0.2) is 0 Å². The highest BCUT2D eigenvalue weighted by molar-refractivity contribution is 7.49. The van der Waals surface area contributed by atoms with Crippen molar-refractivity contribution in [2.45, 2.75) is 6.92 Å². The molecule has 0 amide bonds. The van der Waals surface area contributed by atoms with Gasteiger partial charge in [-0.3, -0.25) is 0 Å². The third-order valence-corrected chi connectivity index (χ3v) is 4.62. The Morgan fingerprint density at radius 2 is 1.24 bits per heavy atom. The van der Waals surface area contributed by atoms with Crippen LogP contribution in [-0.2, 0) is 4.57 Å². The lowest BCUT2D eigenvalue weighted by atomic mass is 10.2. The van der Waals surface area contributed by atoms with Gasteiger partial charge in [0, 0.05) is 0 Å². The van der Waals surface area contributed by atoms with Crippen molar-refractivity contribution >= 4 is 7.82 Å². The molecule has 128 valence electrons. The van der Waals surface area contributed by atoms with Crippen LogP contribution < -0.4 is 13.6 Å². The first-order chi connectivity index (χ1) is 12.1. The van der Waals surface area contributed by atoms with Crippen molar-refractivity contribution < 1.29 is 23.2 Å². The van der Waals surface area contributed by atoms with Crippen molar-refractivity contribution in [1.29, 1.82) is 0 Å². The minimum Gasteiger partial charge on any atom is -0.504 e. The van der Waals surface area contributed by atoms with Crippen LogP contribution in [0.4, 0.5) is 0 Å². The zero-order chi connectivity index (χ0) is 17.7. The van der Waals surface area contributed by atoms with Gasteiger partial charge in [-0.1, -0.05) is 48.5 Å². The first-order valence-electron chi connectivity index (χ1n) is 7.63. The molecule has 0 saturated heterocycles. The second-order valence-electron chi connectivity index (χ2n) is 5.27. The highest BCUT2D eigenvalue weighted by atomic mass is 31.2. The zero-order valence-electron chi connectivity index (χ0n) is 13.5. The molecule has 0 spiro atoms. The van der Waals surface area contributed by atoms with Crippen molar-refractivity contribution in [2.24, 2.45) is 0 Å². The lowest BCUT2D eigenvalue weighted by Crippen LogP contribution is -2.07. The number of aryl methyl sites for hydroxylation is 1. The van der Waals surface area contributed by atoms with Crippen LogP contribution in [0.1, 0.15) is 5.56 Å². The van der Waals surface area contributed by atoms with Gasteiger partial charge in [-0.15, -0.1) is 0 Å². The van der Waals surface area contributed by atoms with Crippen LogP contribution in [0.5, 0.6) is 23.0 Å². The molecule has 3 aromatic carbocycles. The van der Waals surface area contributed by atoms with Gasteiger partial charge >= 0.3 is 7.82 Å². The summed E-state index contributed by atoms with van der Waals surface area (Å²) in [7, 11) is -4.09. The Kier molecular flexibility index (Phi) is 4.96. The molecule has 5 nitrogen and oxygen atoms in total. The third kappa shape index (κ3) is 4.34. The third-order valence-electron chi connectivity index (χ3n) is 3.33. The Morgan fingerprint density at radius 3 is 1.76 bits per heavy atom. The molecule has 0 aliphatic heterocycles. The standard InChI is InChI=1S/C19H17O5P/c1-15-9-8-14-18(19(15)20)24-25(21,22-16-10-4-2-5-11-16)23-17-12-6-3-7-13-17/h2-14,20H,1H3. The monoisotopic (exact) mass is 356 g/mol. The molecule has 0 aliphatic rings. The van der Waals surface area contributed by atoms with Gasteiger partial charge in [0.05, 0.1) is 0 Å². The lowest BCUT2D eigenvalue weighted by molar-refractivity contribution is 0.292. The number of phosphoric acid groups is 1. The maximum atomic E-state index is 13.2. The van der Waals surface area contributed by atoms with E-state index in [0.29, 0.717) is 17.1 Å². The molecular formula is C19H17O5P. The summed E-state index contributed by atoms with van der Waals surface area (Å²) < 4.78 is 29.7. The van der Waals surface area contributed by atoms with Gasteiger partial charge in [-0.2, -0.15) is 4.57 Å². The first-order valence-corrected chi connectivity index (χ1v) is 9.09. The van der Waals surface area contributed by atoms with Crippen LogP contribution in [0.15, 0.2) is 78.9 Å². The molecule has 0 atom stereocenters. The summed E-state index contributed by atoms with van der Waals surface area (Å²) in [4.78, 5) is 0. The summed E-state index contributed by atoms with van der Waals surface area (Å²) >= 11 is 0. The second-order valence-corrected chi connectivity index (χ2v) is 6.71. The smallest absolute Gasteiger partial charge is 0.504 e. The summed E-state index contributed by atoms with van der Waals surface area (Å²) in [6.45, 7) is 1.71. The summed E-state index contributed by atoms with van der Waals surface area (Å²) in [6.07, 6.45) is 0. The first kappa shape index (κ1) is 16.9. The molecule has 25 heavy (non-hydrogen) atoms. The van der Waals surface area contributed by atoms with Crippen LogP contribution >= 0.6 is 7.82 Å². The Labute approximate surface area is 146 Å². The summed E-state index contributed by atoms with van der Waals surface area (Å²) in [5.41, 5.74) is 0.587. The summed E-state index contributed by atoms with van der Waals surface area (Å²) in [5, 5.41) is 10.1. The predicted octanol–water partition coefficient (Wildman–Crippen LogP) is 5.35.